The molecule has 11 nitrogen and oxygen atoms in total. The van der Waals surface area contributed by atoms with Crippen LogP contribution in [0.15, 0.2) is 14.4 Å². The number of imidazole rings is 1. The van der Waals surface area contributed by atoms with E-state index in [-0.39, 0.29) is 18.4 Å². The molecule has 0 aliphatic rings. The monoisotopic (exact) mass is 268 g/mol. The van der Waals surface area contributed by atoms with Crippen LogP contribution in [0.25, 0.3) is 16.1 Å². The van der Waals surface area contributed by atoms with Crippen LogP contribution in [0.4, 0.5) is 0 Å². The van der Waals surface area contributed by atoms with Crippen molar-refractivity contribution in [3.05, 3.63) is 42.8 Å². The molecule has 0 radical (unpaired) electrons. The van der Waals surface area contributed by atoms with Crippen molar-refractivity contribution in [3.8, 4) is 18.6 Å². The van der Waals surface area contributed by atoms with Gasteiger partial charge < -0.3 is 0 Å². The van der Waals surface area contributed by atoms with Crippen molar-refractivity contribution in [2.75, 3.05) is 0 Å². The summed E-state index contributed by atoms with van der Waals surface area (Å²) in [5.74, 6) is 0. The average Bonchev–Trinajstić information content (AvgIpc) is 2.72. The van der Waals surface area contributed by atoms with Crippen LogP contribution >= 0.6 is 0 Å². The predicted molar refractivity (Wildman–Crippen MR) is 59.8 cm³/mol. The van der Waals surface area contributed by atoms with Crippen molar-refractivity contribution in [1.29, 1.82) is 15.8 Å². The van der Waals surface area contributed by atoms with E-state index < -0.39 is 28.1 Å². The Morgan fingerprint density at radius 1 is 0.900 bits per heavy atom. The minimum absolute atomic E-state index is 0.0133. The normalized spacial score (nSPS) is 9.40. The Bertz CT molecular complexity index is 1100. The van der Waals surface area contributed by atoms with Crippen LogP contribution in [-0.2, 0) is 0 Å². The van der Waals surface area contributed by atoms with Gasteiger partial charge in [0, 0.05) is 0 Å². The van der Waals surface area contributed by atoms with E-state index >= 15 is 0 Å². The van der Waals surface area contributed by atoms with Gasteiger partial charge in [0.25, 0.3) is 0 Å². The Morgan fingerprint density at radius 2 is 1.40 bits per heavy atom. The number of aromatic nitrogens is 4. The molecule has 0 saturated carbocycles. The second-order valence-electron chi connectivity index (χ2n) is 3.26. The number of fused-ring (bicyclic) bond motifs is 1. The van der Waals surface area contributed by atoms with Crippen LogP contribution in [0.2, 0.25) is 0 Å². The zero-order valence-corrected chi connectivity index (χ0v) is 9.30. The van der Waals surface area contributed by atoms with Crippen molar-refractivity contribution in [2.24, 2.45) is 0 Å². The highest BCUT2D eigenvalue weighted by Crippen LogP contribution is 2.04. The second-order valence-corrected chi connectivity index (χ2v) is 3.26. The second kappa shape index (κ2) is 3.98. The first-order chi connectivity index (χ1) is 9.53. The molecule has 0 N–H and O–H groups in total. The zero-order valence-electron chi connectivity index (χ0n) is 9.30. The number of rotatable bonds is 0. The summed E-state index contributed by atoms with van der Waals surface area (Å²) in [4.78, 5) is 38.0. The van der Waals surface area contributed by atoms with Crippen LogP contribution < -0.4 is 16.9 Å². The number of hydrogen-bond donors (Lipinski definition) is 0. The van der Waals surface area contributed by atoms with E-state index in [0.29, 0.717) is 0 Å². The molecule has 0 aromatic carbocycles. The Hall–Kier alpha value is -4.09. The molecule has 0 spiro atoms. The largest absolute Gasteiger partial charge is 0.414 e. The summed E-state index contributed by atoms with van der Waals surface area (Å²) in [6, 6.07) is 0. The van der Waals surface area contributed by atoms with E-state index in [1.165, 1.54) is 18.6 Å². The SMILES string of the molecule is [C-]#[N+]n1c(=O)c2c(n(C#N)c1=O)n(C#N)c(=O)n2C#N. The van der Waals surface area contributed by atoms with Gasteiger partial charge in [-0.2, -0.15) is 36.1 Å². The first-order valence-corrected chi connectivity index (χ1v) is 4.67. The third-order valence-electron chi connectivity index (χ3n) is 2.41. The van der Waals surface area contributed by atoms with Gasteiger partial charge in [-0.1, -0.05) is 0 Å². The molecular weight excluding hydrogens is 268 g/mol. The highest BCUT2D eigenvalue weighted by Gasteiger charge is 2.26. The molecule has 2 heterocycles. The molecule has 20 heavy (non-hydrogen) atoms. The molecule has 0 aliphatic heterocycles. The van der Waals surface area contributed by atoms with Crippen molar-refractivity contribution >= 4 is 11.2 Å². The van der Waals surface area contributed by atoms with Gasteiger partial charge in [0.1, 0.15) is 0 Å². The molecule has 0 aliphatic carbocycles. The molecule has 0 saturated heterocycles. The zero-order chi connectivity index (χ0) is 15.0. The highest BCUT2D eigenvalue weighted by molar-refractivity contribution is 5.74. The summed E-state index contributed by atoms with van der Waals surface area (Å²) < 4.78 is 0.683. The number of nitriles is 3. The topological polar surface area (TPSA) is 147 Å². The molecule has 11 heteroatoms. The maximum atomic E-state index is 11.9. The molecule has 2 aromatic heterocycles. The highest BCUT2D eigenvalue weighted by atomic mass is 16.2. The average molecular weight is 268 g/mol. The molecule has 2 rings (SSSR count). The van der Waals surface area contributed by atoms with Gasteiger partial charge in [0.15, 0.2) is 29.7 Å². The first-order valence-electron chi connectivity index (χ1n) is 4.67. The fourth-order valence-electron chi connectivity index (χ4n) is 1.62. The predicted octanol–water partition coefficient (Wildman–Crippen LogP) is -2.20. The third-order valence-corrected chi connectivity index (χ3v) is 2.41. The quantitative estimate of drug-likeness (QED) is 0.495. The summed E-state index contributed by atoms with van der Waals surface area (Å²) in [6.45, 7) is 6.73. The maximum Gasteiger partial charge on any atom is 0.414 e. The standard InChI is InChI=1S/C9N8O3/c1-13-17-7(18)5-6(16(4-12)9(17)20)15(3-11)8(19)14(5)2-10. The van der Waals surface area contributed by atoms with Gasteiger partial charge in [-0.3, -0.25) is 4.79 Å². The Morgan fingerprint density at radius 3 is 1.85 bits per heavy atom. The molecule has 0 bridgehead atoms. The lowest BCUT2D eigenvalue weighted by Crippen LogP contribution is -2.36. The minimum Gasteiger partial charge on any atom is -0.259 e. The molecule has 0 amide bonds. The van der Waals surface area contributed by atoms with Crippen LogP contribution in [0.3, 0.4) is 0 Å². The minimum atomic E-state index is -1.33. The lowest BCUT2D eigenvalue weighted by Gasteiger charge is -1.96. The summed E-state index contributed by atoms with van der Waals surface area (Å²) in [5.41, 5.74) is -5.17. The maximum absolute atomic E-state index is 11.9. The summed E-state index contributed by atoms with van der Waals surface area (Å²) in [5, 5.41) is 26.6. The van der Waals surface area contributed by atoms with Gasteiger partial charge in [0.2, 0.25) is 0 Å². The van der Waals surface area contributed by atoms with Gasteiger partial charge in [0.05, 0.1) is 4.68 Å². The van der Waals surface area contributed by atoms with Gasteiger partial charge in [-0.05, 0) is 0 Å². The Balaban J connectivity index is 3.48. The van der Waals surface area contributed by atoms with Crippen LogP contribution in [-0.4, -0.2) is 18.4 Å². The van der Waals surface area contributed by atoms with E-state index in [1.807, 2.05) is 0 Å². The van der Waals surface area contributed by atoms with E-state index in [2.05, 4.69) is 4.95 Å². The molecule has 2 aromatic rings. The Kier molecular flexibility index (Phi) is 2.46. The van der Waals surface area contributed by atoms with Crippen molar-refractivity contribution in [3.63, 3.8) is 0 Å². The molecule has 94 valence electrons. The van der Waals surface area contributed by atoms with Gasteiger partial charge in [-0.15, -0.1) is 4.95 Å². The summed E-state index contributed by atoms with van der Waals surface area (Å²) >= 11 is 0. The van der Waals surface area contributed by atoms with Gasteiger partial charge in [-0.25, -0.2) is 9.59 Å². The lowest BCUT2D eigenvalue weighted by atomic mass is 10.5. The molecule has 0 atom stereocenters. The summed E-state index contributed by atoms with van der Waals surface area (Å²) in [7, 11) is 0. The molecule has 0 unspecified atom stereocenters. The summed E-state index contributed by atoms with van der Waals surface area (Å²) in [6.07, 6.45) is 4.05. The molecule has 0 fully saturated rings. The van der Waals surface area contributed by atoms with Crippen LogP contribution in [0, 0.1) is 40.9 Å². The van der Waals surface area contributed by atoms with Crippen molar-refractivity contribution in [2.45, 2.75) is 0 Å². The van der Waals surface area contributed by atoms with E-state index in [9.17, 15) is 14.4 Å². The van der Waals surface area contributed by atoms with Crippen LogP contribution in [0.5, 0.6) is 0 Å². The third kappa shape index (κ3) is 1.20. The van der Waals surface area contributed by atoms with E-state index in [4.69, 9.17) is 22.4 Å². The fourth-order valence-corrected chi connectivity index (χ4v) is 1.62. The lowest BCUT2D eigenvalue weighted by molar-refractivity contribution is 0.822. The van der Waals surface area contributed by atoms with E-state index in [0.717, 1.165) is 0 Å². The fraction of sp³-hybridized carbons (Fsp3) is 0. The first kappa shape index (κ1) is 12.4. The number of nitrogens with zero attached hydrogens (tertiary/aromatic N) is 8. The van der Waals surface area contributed by atoms with Crippen molar-refractivity contribution in [1.82, 2.24) is 18.4 Å². The Labute approximate surface area is 108 Å². The van der Waals surface area contributed by atoms with Gasteiger partial charge >= 0.3 is 16.9 Å². The molecular formula is C9N8O3. The van der Waals surface area contributed by atoms with E-state index in [1.54, 1.807) is 0 Å². The van der Waals surface area contributed by atoms with Crippen LogP contribution in [0.1, 0.15) is 0 Å². The smallest absolute Gasteiger partial charge is 0.259 e. The van der Waals surface area contributed by atoms with Crippen molar-refractivity contribution < 1.29 is 0 Å². The number of hydrogen-bond acceptors (Lipinski definition) is 6.